The lowest BCUT2D eigenvalue weighted by atomic mass is 10.0. The van der Waals surface area contributed by atoms with Gasteiger partial charge < -0.3 is 15.4 Å². The van der Waals surface area contributed by atoms with Crippen molar-refractivity contribution in [3.05, 3.63) is 29.3 Å². The van der Waals surface area contributed by atoms with E-state index in [4.69, 9.17) is 16.3 Å². The zero-order valence-electron chi connectivity index (χ0n) is 10.1. The number of rotatable bonds is 3. The average molecular weight is 269 g/mol. The highest BCUT2D eigenvalue weighted by atomic mass is 35.5. The van der Waals surface area contributed by atoms with E-state index in [9.17, 15) is 4.79 Å². The van der Waals surface area contributed by atoms with Gasteiger partial charge in [0.25, 0.3) is 0 Å². The number of benzene rings is 1. The first-order valence-corrected chi connectivity index (χ1v) is 6.50. The Balaban J connectivity index is 1.76. The van der Waals surface area contributed by atoms with Crippen molar-refractivity contribution in [3.8, 4) is 0 Å². The van der Waals surface area contributed by atoms with Crippen LogP contribution in [0.5, 0.6) is 0 Å². The molecule has 1 fully saturated rings. The van der Waals surface area contributed by atoms with E-state index in [2.05, 4.69) is 10.6 Å². The smallest absolute Gasteiger partial charge is 0.319 e. The molecule has 0 aromatic heterocycles. The van der Waals surface area contributed by atoms with Gasteiger partial charge >= 0.3 is 6.03 Å². The van der Waals surface area contributed by atoms with Gasteiger partial charge in [-0.3, -0.25) is 0 Å². The molecule has 2 rings (SSSR count). The molecule has 0 aliphatic carbocycles. The van der Waals surface area contributed by atoms with Gasteiger partial charge in [-0.15, -0.1) is 0 Å². The summed E-state index contributed by atoms with van der Waals surface area (Å²) in [7, 11) is 0. The van der Waals surface area contributed by atoms with Crippen LogP contribution in [0.3, 0.4) is 0 Å². The van der Waals surface area contributed by atoms with Gasteiger partial charge in [-0.2, -0.15) is 0 Å². The molecule has 0 atom stereocenters. The Morgan fingerprint density at radius 2 is 2.06 bits per heavy atom. The first-order chi connectivity index (χ1) is 8.75. The molecule has 0 bridgehead atoms. The lowest BCUT2D eigenvalue weighted by Gasteiger charge is -2.22. The molecule has 0 radical (unpaired) electrons. The molecule has 4 nitrogen and oxygen atoms in total. The maximum atomic E-state index is 11.7. The number of ether oxygens (including phenoxy) is 1. The normalized spacial score (nSPS) is 16.3. The number of para-hydroxylation sites is 1. The topological polar surface area (TPSA) is 50.4 Å². The van der Waals surface area contributed by atoms with Gasteiger partial charge in [0.2, 0.25) is 0 Å². The number of carbonyl (C=O) groups excluding carboxylic acids is 1. The lowest BCUT2D eigenvalue weighted by molar-refractivity contribution is 0.0671. The van der Waals surface area contributed by atoms with Crippen LogP contribution in [0.25, 0.3) is 0 Å². The van der Waals surface area contributed by atoms with Gasteiger partial charge in [0, 0.05) is 19.8 Å². The molecule has 2 amide bonds. The Morgan fingerprint density at radius 3 is 2.78 bits per heavy atom. The largest absolute Gasteiger partial charge is 0.381 e. The van der Waals surface area contributed by atoms with E-state index in [0.717, 1.165) is 26.1 Å². The first kappa shape index (κ1) is 13.2. The molecular formula is C13H17ClN2O2. The van der Waals surface area contributed by atoms with Crippen LogP contribution >= 0.6 is 11.6 Å². The molecule has 18 heavy (non-hydrogen) atoms. The number of hydrogen-bond donors (Lipinski definition) is 2. The molecule has 1 aliphatic heterocycles. The minimum Gasteiger partial charge on any atom is -0.381 e. The van der Waals surface area contributed by atoms with Crippen molar-refractivity contribution < 1.29 is 9.53 Å². The fourth-order valence-corrected chi connectivity index (χ4v) is 2.10. The minimum absolute atomic E-state index is 0.213. The molecule has 5 heteroatoms. The van der Waals surface area contributed by atoms with Crippen LogP contribution in [0.15, 0.2) is 24.3 Å². The highest BCUT2D eigenvalue weighted by Crippen LogP contribution is 2.20. The van der Waals surface area contributed by atoms with Gasteiger partial charge in [0.05, 0.1) is 10.7 Å². The second-order valence-corrected chi connectivity index (χ2v) is 4.78. The molecule has 98 valence electrons. The molecule has 1 aromatic carbocycles. The standard InChI is InChI=1S/C13H17ClN2O2/c14-11-3-1-2-4-12(11)16-13(17)15-9-10-5-7-18-8-6-10/h1-4,10H,5-9H2,(H2,15,16,17). The Labute approximate surface area is 112 Å². The van der Waals surface area contributed by atoms with Crippen molar-refractivity contribution in [1.29, 1.82) is 0 Å². The van der Waals surface area contributed by atoms with Crippen LogP contribution in [-0.4, -0.2) is 25.8 Å². The third-order valence-electron chi connectivity index (χ3n) is 3.01. The maximum Gasteiger partial charge on any atom is 0.319 e. The van der Waals surface area contributed by atoms with Crippen molar-refractivity contribution in [2.45, 2.75) is 12.8 Å². The number of urea groups is 1. The van der Waals surface area contributed by atoms with Gasteiger partial charge in [-0.25, -0.2) is 4.79 Å². The fourth-order valence-electron chi connectivity index (χ4n) is 1.92. The van der Waals surface area contributed by atoms with E-state index < -0.39 is 0 Å². The lowest BCUT2D eigenvalue weighted by Crippen LogP contribution is -2.35. The van der Waals surface area contributed by atoms with Crippen LogP contribution in [0.4, 0.5) is 10.5 Å². The Morgan fingerprint density at radius 1 is 1.33 bits per heavy atom. The van der Waals surface area contributed by atoms with Crippen molar-refractivity contribution >= 4 is 23.3 Å². The van der Waals surface area contributed by atoms with Gasteiger partial charge in [0.15, 0.2) is 0 Å². The van der Waals surface area contributed by atoms with E-state index in [1.807, 2.05) is 12.1 Å². The van der Waals surface area contributed by atoms with E-state index in [-0.39, 0.29) is 6.03 Å². The number of nitrogens with one attached hydrogen (secondary N) is 2. The molecule has 0 spiro atoms. The van der Waals surface area contributed by atoms with Gasteiger partial charge in [-0.1, -0.05) is 23.7 Å². The molecule has 1 heterocycles. The number of hydrogen-bond acceptors (Lipinski definition) is 2. The summed E-state index contributed by atoms with van der Waals surface area (Å²) in [6.45, 7) is 2.26. The van der Waals surface area contributed by atoms with Crippen LogP contribution in [-0.2, 0) is 4.74 Å². The van der Waals surface area contributed by atoms with Crippen LogP contribution < -0.4 is 10.6 Å². The summed E-state index contributed by atoms with van der Waals surface area (Å²) in [4.78, 5) is 11.7. The first-order valence-electron chi connectivity index (χ1n) is 6.13. The monoisotopic (exact) mass is 268 g/mol. The van der Waals surface area contributed by atoms with Crippen LogP contribution in [0.2, 0.25) is 5.02 Å². The van der Waals surface area contributed by atoms with Crippen molar-refractivity contribution in [2.75, 3.05) is 25.1 Å². The zero-order chi connectivity index (χ0) is 12.8. The number of carbonyl (C=O) groups is 1. The second kappa shape index (κ2) is 6.61. The SMILES string of the molecule is O=C(NCC1CCOCC1)Nc1ccccc1Cl. The quantitative estimate of drug-likeness (QED) is 0.886. The number of halogens is 1. The third-order valence-corrected chi connectivity index (χ3v) is 3.34. The summed E-state index contributed by atoms with van der Waals surface area (Å²) in [5.41, 5.74) is 0.628. The van der Waals surface area contributed by atoms with E-state index in [1.165, 1.54) is 0 Å². The predicted molar refractivity (Wildman–Crippen MR) is 72.0 cm³/mol. The molecule has 1 saturated heterocycles. The average Bonchev–Trinajstić information content (AvgIpc) is 2.40. The maximum absolute atomic E-state index is 11.7. The van der Waals surface area contributed by atoms with E-state index in [0.29, 0.717) is 23.2 Å². The Hall–Kier alpha value is -1.26. The summed E-state index contributed by atoms with van der Waals surface area (Å²) >= 11 is 5.96. The summed E-state index contributed by atoms with van der Waals surface area (Å²) in [5.74, 6) is 0.510. The van der Waals surface area contributed by atoms with Crippen molar-refractivity contribution in [1.82, 2.24) is 5.32 Å². The molecule has 0 saturated carbocycles. The number of anilines is 1. The minimum atomic E-state index is -0.213. The predicted octanol–water partition coefficient (Wildman–Crippen LogP) is 2.89. The Bertz CT molecular complexity index is 406. The molecule has 1 aromatic rings. The molecular weight excluding hydrogens is 252 g/mol. The van der Waals surface area contributed by atoms with E-state index >= 15 is 0 Å². The fraction of sp³-hybridized carbons (Fsp3) is 0.462. The van der Waals surface area contributed by atoms with Crippen LogP contribution in [0, 0.1) is 5.92 Å². The highest BCUT2D eigenvalue weighted by molar-refractivity contribution is 6.33. The van der Waals surface area contributed by atoms with Crippen LogP contribution in [0.1, 0.15) is 12.8 Å². The third kappa shape index (κ3) is 3.89. The summed E-state index contributed by atoms with van der Waals surface area (Å²) in [5, 5.41) is 6.14. The molecule has 2 N–H and O–H groups in total. The molecule has 0 unspecified atom stereocenters. The number of amides is 2. The Kier molecular flexibility index (Phi) is 4.84. The van der Waals surface area contributed by atoms with Crippen molar-refractivity contribution in [2.24, 2.45) is 5.92 Å². The molecule has 1 aliphatic rings. The summed E-state index contributed by atoms with van der Waals surface area (Å²) in [6.07, 6.45) is 2.01. The van der Waals surface area contributed by atoms with Gasteiger partial charge in [0.1, 0.15) is 0 Å². The summed E-state index contributed by atoms with van der Waals surface area (Å²) < 4.78 is 5.27. The summed E-state index contributed by atoms with van der Waals surface area (Å²) in [6, 6.07) is 6.97. The second-order valence-electron chi connectivity index (χ2n) is 4.37. The zero-order valence-corrected chi connectivity index (χ0v) is 10.9. The van der Waals surface area contributed by atoms with E-state index in [1.54, 1.807) is 12.1 Å². The van der Waals surface area contributed by atoms with Gasteiger partial charge in [-0.05, 0) is 30.9 Å². The van der Waals surface area contributed by atoms with Crippen molar-refractivity contribution in [3.63, 3.8) is 0 Å². The highest BCUT2D eigenvalue weighted by Gasteiger charge is 2.14.